The summed E-state index contributed by atoms with van der Waals surface area (Å²) in [5.41, 5.74) is 2.08. The quantitative estimate of drug-likeness (QED) is 0.873. The lowest BCUT2D eigenvalue weighted by Crippen LogP contribution is -2.27. The number of rotatable bonds is 6. The van der Waals surface area contributed by atoms with Crippen molar-refractivity contribution in [1.82, 2.24) is 24.6 Å². The van der Waals surface area contributed by atoms with E-state index in [1.165, 1.54) is 0 Å². The number of aromatic nitrogens is 4. The van der Waals surface area contributed by atoms with Crippen LogP contribution in [0, 0.1) is 13.8 Å². The molecule has 2 heterocycles. The van der Waals surface area contributed by atoms with Crippen LogP contribution in [-0.4, -0.2) is 52.4 Å². The third kappa shape index (κ3) is 3.54. The number of nitrogens with one attached hydrogen (secondary N) is 1. The maximum Gasteiger partial charge on any atom is 0.221 e. The Hall–Kier alpha value is -2.15. The molecule has 0 aromatic carbocycles. The Morgan fingerprint density at radius 2 is 2.05 bits per heavy atom. The van der Waals surface area contributed by atoms with Gasteiger partial charge in [0.05, 0.1) is 24.9 Å². The average Bonchev–Trinajstić information content (AvgIpc) is 2.88. The van der Waals surface area contributed by atoms with Crippen molar-refractivity contribution in [2.24, 2.45) is 7.05 Å². The summed E-state index contributed by atoms with van der Waals surface area (Å²) in [5, 5.41) is 7.66. The number of hydrogen-bond donors (Lipinski definition) is 1. The molecule has 0 saturated heterocycles. The highest BCUT2D eigenvalue weighted by atomic mass is 16.5. The number of methoxy groups -OCH3 is 1. The van der Waals surface area contributed by atoms with Crippen LogP contribution in [0.1, 0.15) is 23.0 Å². The first-order chi connectivity index (χ1) is 10.4. The van der Waals surface area contributed by atoms with Crippen LogP contribution in [-0.2, 0) is 7.05 Å². The molecule has 0 aliphatic heterocycles. The Labute approximate surface area is 131 Å². The highest BCUT2D eigenvalue weighted by Crippen LogP contribution is 2.23. The van der Waals surface area contributed by atoms with Gasteiger partial charge in [-0.15, -0.1) is 0 Å². The van der Waals surface area contributed by atoms with Crippen molar-refractivity contribution in [3.05, 3.63) is 29.3 Å². The van der Waals surface area contributed by atoms with Crippen LogP contribution in [0.4, 0.5) is 5.82 Å². The number of aryl methyl sites for hydroxylation is 2. The van der Waals surface area contributed by atoms with E-state index >= 15 is 0 Å². The molecule has 22 heavy (non-hydrogen) atoms. The van der Waals surface area contributed by atoms with Crippen molar-refractivity contribution in [3.63, 3.8) is 0 Å². The number of ether oxygens (including phenoxy) is 1. The summed E-state index contributed by atoms with van der Waals surface area (Å²) >= 11 is 0. The molecule has 0 fully saturated rings. The Morgan fingerprint density at radius 3 is 2.59 bits per heavy atom. The average molecular weight is 304 g/mol. The monoisotopic (exact) mass is 304 g/mol. The number of nitrogens with zero attached hydrogens (tertiary/aromatic N) is 5. The van der Waals surface area contributed by atoms with E-state index in [9.17, 15) is 0 Å². The molecule has 0 saturated carbocycles. The van der Waals surface area contributed by atoms with Crippen LogP contribution in [0.25, 0.3) is 0 Å². The maximum atomic E-state index is 5.29. The van der Waals surface area contributed by atoms with E-state index in [1.54, 1.807) is 7.11 Å². The summed E-state index contributed by atoms with van der Waals surface area (Å²) in [6.45, 7) is 4.53. The van der Waals surface area contributed by atoms with Gasteiger partial charge in [0, 0.05) is 25.4 Å². The molecule has 0 bridgehead atoms. The van der Waals surface area contributed by atoms with E-state index in [4.69, 9.17) is 4.74 Å². The third-order valence-corrected chi connectivity index (χ3v) is 3.60. The molecule has 0 amide bonds. The predicted molar refractivity (Wildman–Crippen MR) is 86.2 cm³/mol. The Balaban J connectivity index is 2.18. The van der Waals surface area contributed by atoms with E-state index in [2.05, 4.69) is 39.4 Å². The zero-order valence-electron chi connectivity index (χ0n) is 14.1. The lowest BCUT2D eigenvalue weighted by atomic mass is 10.1. The fraction of sp³-hybridized carbons (Fsp3) is 0.533. The van der Waals surface area contributed by atoms with Gasteiger partial charge < -0.3 is 15.0 Å². The molecule has 0 aliphatic rings. The van der Waals surface area contributed by atoms with Crippen molar-refractivity contribution in [1.29, 1.82) is 0 Å². The molecule has 0 unspecified atom stereocenters. The standard InChI is InChI=1S/C15H24N6O/c1-10-14(18-11(2)19-15(10)22-6)16-8-13(20(3)4)12-7-17-21(5)9-12/h7,9,13H,8H2,1-6H3,(H,16,18,19)/t13-/m1/s1. The van der Waals surface area contributed by atoms with Gasteiger partial charge in [-0.2, -0.15) is 10.1 Å². The van der Waals surface area contributed by atoms with Crippen LogP contribution in [0.2, 0.25) is 0 Å². The second kappa shape index (κ2) is 6.74. The topological polar surface area (TPSA) is 68.1 Å². The zero-order valence-corrected chi connectivity index (χ0v) is 14.1. The van der Waals surface area contributed by atoms with Crippen LogP contribution >= 0.6 is 0 Å². The summed E-state index contributed by atoms with van der Waals surface area (Å²) < 4.78 is 7.11. The molecule has 1 atom stereocenters. The highest BCUT2D eigenvalue weighted by molar-refractivity contribution is 5.48. The van der Waals surface area contributed by atoms with Gasteiger partial charge in [-0.25, -0.2) is 4.98 Å². The van der Waals surface area contributed by atoms with Crippen molar-refractivity contribution in [2.45, 2.75) is 19.9 Å². The van der Waals surface area contributed by atoms with Crippen LogP contribution in [0.15, 0.2) is 12.4 Å². The molecule has 0 radical (unpaired) electrons. The predicted octanol–water partition coefficient (Wildman–Crippen LogP) is 1.55. The van der Waals surface area contributed by atoms with E-state index in [1.807, 2.05) is 38.0 Å². The minimum absolute atomic E-state index is 0.203. The van der Waals surface area contributed by atoms with Crippen molar-refractivity contribution in [3.8, 4) is 5.88 Å². The zero-order chi connectivity index (χ0) is 16.3. The molecule has 1 N–H and O–H groups in total. The van der Waals surface area contributed by atoms with Crippen molar-refractivity contribution < 1.29 is 4.74 Å². The van der Waals surface area contributed by atoms with E-state index in [-0.39, 0.29) is 6.04 Å². The van der Waals surface area contributed by atoms with E-state index < -0.39 is 0 Å². The van der Waals surface area contributed by atoms with Gasteiger partial charge in [-0.05, 0) is 27.9 Å². The lowest BCUT2D eigenvalue weighted by molar-refractivity contribution is 0.311. The first-order valence-corrected chi connectivity index (χ1v) is 7.20. The third-order valence-electron chi connectivity index (χ3n) is 3.60. The van der Waals surface area contributed by atoms with Gasteiger partial charge in [0.15, 0.2) is 0 Å². The molecular weight excluding hydrogens is 280 g/mol. The van der Waals surface area contributed by atoms with Gasteiger partial charge in [0.25, 0.3) is 0 Å². The first-order valence-electron chi connectivity index (χ1n) is 7.20. The van der Waals surface area contributed by atoms with Crippen LogP contribution in [0.3, 0.4) is 0 Å². The molecule has 0 spiro atoms. The Kier molecular flexibility index (Phi) is 4.97. The fourth-order valence-corrected chi connectivity index (χ4v) is 2.38. The number of likely N-dealkylation sites (N-methyl/N-ethyl adjacent to an activating group) is 1. The van der Waals surface area contributed by atoms with Crippen molar-refractivity contribution in [2.75, 3.05) is 33.1 Å². The molecule has 7 heteroatoms. The summed E-state index contributed by atoms with van der Waals surface area (Å²) in [5.74, 6) is 2.10. The van der Waals surface area contributed by atoms with E-state index in [0.717, 1.165) is 23.5 Å². The summed E-state index contributed by atoms with van der Waals surface area (Å²) in [6.07, 6.45) is 3.93. The van der Waals surface area contributed by atoms with E-state index in [0.29, 0.717) is 11.7 Å². The van der Waals surface area contributed by atoms with Gasteiger partial charge >= 0.3 is 0 Å². The number of hydrogen-bond acceptors (Lipinski definition) is 6. The van der Waals surface area contributed by atoms with Gasteiger partial charge in [-0.1, -0.05) is 0 Å². The summed E-state index contributed by atoms with van der Waals surface area (Å²) in [4.78, 5) is 10.9. The summed E-state index contributed by atoms with van der Waals surface area (Å²) in [7, 11) is 7.65. The minimum atomic E-state index is 0.203. The van der Waals surface area contributed by atoms with Gasteiger partial charge in [-0.3, -0.25) is 4.68 Å². The van der Waals surface area contributed by atoms with Crippen LogP contribution in [0.5, 0.6) is 5.88 Å². The van der Waals surface area contributed by atoms with Gasteiger partial charge in [0.2, 0.25) is 5.88 Å². The number of anilines is 1. The maximum absolute atomic E-state index is 5.29. The molecule has 2 aromatic heterocycles. The molecule has 120 valence electrons. The SMILES string of the molecule is COc1nc(C)nc(NC[C@H](c2cnn(C)c2)N(C)C)c1C. The second-order valence-corrected chi connectivity index (χ2v) is 5.56. The molecule has 2 rings (SSSR count). The normalized spacial score (nSPS) is 12.5. The fourth-order valence-electron chi connectivity index (χ4n) is 2.38. The molecule has 2 aromatic rings. The lowest BCUT2D eigenvalue weighted by Gasteiger charge is -2.24. The summed E-state index contributed by atoms with van der Waals surface area (Å²) in [6, 6.07) is 0.203. The first kappa shape index (κ1) is 16.2. The molecule has 0 aliphatic carbocycles. The highest BCUT2D eigenvalue weighted by Gasteiger charge is 2.17. The van der Waals surface area contributed by atoms with Gasteiger partial charge in [0.1, 0.15) is 11.6 Å². The Bertz CT molecular complexity index is 637. The van der Waals surface area contributed by atoms with Crippen LogP contribution < -0.4 is 10.1 Å². The smallest absolute Gasteiger partial charge is 0.221 e. The van der Waals surface area contributed by atoms with Crippen molar-refractivity contribution >= 4 is 5.82 Å². The largest absolute Gasteiger partial charge is 0.481 e. The molecular formula is C15H24N6O. The Morgan fingerprint density at radius 1 is 1.32 bits per heavy atom. The molecule has 7 nitrogen and oxygen atoms in total. The second-order valence-electron chi connectivity index (χ2n) is 5.56. The minimum Gasteiger partial charge on any atom is -0.481 e.